The molecule has 0 amide bonds. The van der Waals surface area contributed by atoms with Crippen LogP contribution in [0.4, 0.5) is 5.82 Å². The average Bonchev–Trinajstić information content (AvgIpc) is 2.69. The third-order valence-electron chi connectivity index (χ3n) is 2.24. The van der Waals surface area contributed by atoms with Crippen LogP contribution in [-0.2, 0) is 10.2 Å². The van der Waals surface area contributed by atoms with E-state index in [1.165, 1.54) is 16.7 Å². The molecule has 1 saturated heterocycles. The summed E-state index contributed by atoms with van der Waals surface area (Å²) >= 11 is 5.61. The number of rotatable bonds is 3. The van der Waals surface area contributed by atoms with Crippen molar-refractivity contribution < 1.29 is 8.42 Å². The maximum atomic E-state index is 11.8. The molecule has 0 bridgehead atoms. The summed E-state index contributed by atoms with van der Waals surface area (Å²) in [5.41, 5.74) is 0. The van der Waals surface area contributed by atoms with Crippen molar-refractivity contribution in [3.8, 4) is 0 Å². The van der Waals surface area contributed by atoms with E-state index >= 15 is 0 Å². The van der Waals surface area contributed by atoms with Gasteiger partial charge in [0.2, 0.25) is 0 Å². The summed E-state index contributed by atoms with van der Waals surface area (Å²) in [5.74, 6) is 0.138. The van der Waals surface area contributed by atoms with Crippen molar-refractivity contribution >= 4 is 27.6 Å². The summed E-state index contributed by atoms with van der Waals surface area (Å²) in [6.07, 6.45) is 4.44. The maximum Gasteiger partial charge on any atom is 0.302 e. The molecule has 0 unspecified atom stereocenters. The molecule has 1 aliphatic heterocycles. The molecule has 88 valence electrons. The molecule has 0 radical (unpaired) electrons. The molecule has 0 saturated carbocycles. The summed E-state index contributed by atoms with van der Waals surface area (Å²) in [5, 5.41) is 0.154. The molecule has 0 atom stereocenters. The van der Waals surface area contributed by atoms with Crippen molar-refractivity contribution in [2.45, 2.75) is 12.8 Å². The Balaban J connectivity index is 2.14. The van der Waals surface area contributed by atoms with Gasteiger partial charge < -0.3 is 0 Å². The van der Waals surface area contributed by atoms with Gasteiger partial charge in [0, 0.05) is 13.1 Å². The number of hydrogen-bond donors (Lipinski definition) is 1. The van der Waals surface area contributed by atoms with Crippen LogP contribution in [0, 0.1) is 0 Å². The highest BCUT2D eigenvalue weighted by molar-refractivity contribution is 7.90. The van der Waals surface area contributed by atoms with E-state index < -0.39 is 10.2 Å². The van der Waals surface area contributed by atoms with Crippen LogP contribution < -0.4 is 4.72 Å². The average molecular weight is 263 g/mol. The zero-order valence-corrected chi connectivity index (χ0v) is 10.00. The van der Waals surface area contributed by atoms with Crippen LogP contribution in [0.2, 0.25) is 5.15 Å². The van der Waals surface area contributed by atoms with E-state index in [1.54, 1.807) is 0 Å². The van der Waals surface area contributed by atoms with Gasteiger partial charge in [-0.1, -0.05) is 11.6 Å². The number of nitrogens with zero attached hydrogens (tertiary/aromatic N) is 3. The molecule has 0 aromatic carbocycles. The van der Waals surface area contributed by atoms with E-state index in [0.29, 0.717) is 13.1 Å². The second-order valence-electron chi connectivity index (χ2n) is 3.44. The molecular formula is C8H11ClN4O2S. The van der Waals surface area contributed by atoms with Crippen molar-refractivity contribution in [1.82, 2.24) is 14.3 Å². The van der Waals surface area contributed by atoms with Gasteiger partial charge in [-0.05, 0) is 12.8 Å². The van der Waals surface area contributed by atoms with Gasteiger partial charge in [-0.2, -0.15) is 12.7 Å². The Morgan fingerprint density at radius 3 is 2.62 bits per heavy atom. The Morgan fingerprint density at radius 1 is 1.31 bits per heavy atom. The van der Waals surface area contributed by atoms with Crippen LogP contribution in [0.3, 0.4) is 0 Å². The molecule has 1 aliphatic rings. The minimum atomic E-state index is -3.51. The molecule has 0 aliphatic carbocycles. The SMILES string of the molecule is O=S(=O)(Nc1cncc(Cl)n1)N1CCCC1. The second-order valence-corrected chi connectivity index (χ2v) is 5.50. The summed E-state index contributed by atoms with van der Waals surface area (Å²) in [6, 6.07) is 0. The highest BCUT2D eigenvalue weighted by Gasteiger charge is 2.25. The highest BCUT2D eigenvalue weighted by atomic mass is 35.5. The van der Waals surface area contributed by atoms with Gasteiger partial charge in [0.25, 0.3) is 0 Å². The molecule has 2 heterocycles. The Bertz CT molecular complexity index is 473. The lowest BCUT2D eigenvalue weighted by Crippen LogP contribution is -2.33. The molecular weight excluding hydrogens is 252 g/mol. The summed E-state index contributed by atoms with van der Waals surface area (Å²) in [7, 11) is -3.51. The van der Waals surface area contributed by atoms with Crippen molar-refractivity contribution in [3.05, 3.63) is 17.5 Å². The molecule has 1 N–H and O–H groups in total. The standard InChI is InChI=1S/C8H11ClN4O2S/c9-7-5-10-6-8(11-7)12-16(14,15)13-3-1-2-4-13/h5-6H,1-4H2,(H,11,12). The van der Waals surface area contributed by atoms with Gasteiger partial charge in [-0.3, -0.25) is 9.71 Å². The number of aromatic nitrogens is 2. The monoisotopic (exact) mass is 262 g/mol. The Morgan fingerprint density at radius 2 is 2.00 bits per heavy atom. The normalized spacial score (nSPS) is 17.6. The van der Waals surface area contributed by atoms with Gasteiger partial charge >= 0.3 is 10.2 Å². The lowest BCUT2D eigenvalue weighted by molar-refractivity contribution is 0.482. The zero-order chi connectivity index (χ0) is 11.6. The first-order valence-corrected chi connectivity index (χ1v) is 6.65. The quantitative estimate of drug-likeness (QED) is 0.878. The third-order valence-corrected chi connectivity index (χ3v) is 3.94. The number of anilines is 1. The fraction of sp³-hybridized carbons (Fsp3) is 0.500. The minimum Gasteiger partial charge on any atom is -0.258 e. The number of hydrogen-bond acceptors (Lipinski definition) is 4. The summed E-state index contributed by atoms with van der Waals surface area (Å²) in [6.45, 7) is 1.09. The lowest BCUT2D eigenvalue weighted by Gasteiger charge is -2.15. The first-order valence-electron chi connectivity index (χ1n) is 4.83. The predicted molar refractivity (Wildman–Crippen MR) is 60.4 cm³/mol. The van der Waals surface area contributed by atoms with Crippen LogP contribution in [0.15, 0.2) is 12.4 Å². The second kappa shape index (κ2) is 4.52. The molecule has 1 fully saturated rings. The Hall–Kier alpha value is -0.920. The Labute approximate surface area is 98.8 Å². The zero-order valence-electron chi connectivity index (χ0n) is 8.43. The van der Waals surface area contributed by atoms with Crippen molar-refractivity contribution in [1.29, 1.82) is 0 Å². The largest absolute Gasteiger partial charge is 0.302 e. The molecule has 1 aromatic heterocycles. The third kappa shape index (κ3) is 2.60. The summed E-state index contributed by atoms with van der Waals surface area (Å²) in [4.78, 5) is 7.57. The maximum absolute atomic E-state index is 11.8. The van der Waals surface area contributed by atoms with E-state index in [1.807, 2.05) is 0 Å². The molecule has 8 heteroatoms. The topological polar surface area (TPSA) is 75.2 Å². The van der Waals surface area contributed by atoms with E-state index in [-0.39, 0.29) is 11.0 Å². The molecule has 0 spiro atoms. The van der Waals surface area contributed by atoms with Gasteiger partial charge in [0.15, 0.2) is 5.82 Å². The first-order chi connectivity index (χ1) is 7.58. The molecule has 16 heavy (non-hydrogen) atoms. The van der Waals surface area contributed by atoms with Crippen LogP contribution in [0.5, 0.6) is 0 Å². The van der Waals surface area contributed by atoms with E-state index in [9.17, 15) is 8.42 Å². The number of nitrogens with one attached hydrogen (secondary N) is 1. The predicted octanol–water partition coefficient (Wildman–Crippen LogP) is 0.883. The fourth-order valence-corrected chi connectivity index (χ4v) is 2.89. The summed E-state index contributed by atoms with van der Waals surface area (Å²) < 4.78 is 27.4. The van der Waals surface area contributed by atoms with E-state index in [4.69, 9.17) is 11.6 Å². The van der Waals surface area contributed by atoms with Crippen LogP contribution in [0.25, 0.3) is 0 Å². The van der Waals surface area contributed by atoms with Crippen molar-refractivity contribution in [2.24, 2.45) is 0 Å². The van der Waals surface area contributed by atoms with Crippen LogP contribution in [-0.4, -0.2) is 35.8 Å². The van der Waals surface area contributed by atoms with E-state index in [2.05, 4.69) is 14.7 Å². The first kappa shape index (κ1) is 11.6. The van der Waals surface area contributed by atoms with Crippen LogP contribution in [0.1, 0.15) is 12.8 Å². The van der Waals surface area contributed by atoms with Crippen LogP contribution >= 0.6 is 11.6 Å². The van der Waals surface area contributed by atoms with Gasteiger partial charge in [0.1, 0.15) is 5.15 Å². The molecule has 1 aromatic rings. The van der Waals surface area contributed by atoms with Gasteiger partial charge in [0.05, 0.1) is 12.4 Å². The van der Waals surface area contributed by atoms with Crippen molar-refractivity contribution in [2.75, 3.05) is 17.8 Å². The minimum absolute atomic E-state index is 0.138. The van der Waals surface area contributed by atoms with E-state index in [0.717, 1.165) is 12.8 Å². The lowest BCUT2D eigenvalue weighted by atomic mass is 10.4. The Kier molecular flexibility index (Phi) is 3.27. The van der Waals surface area contributed by atoms with Gasteiger partial charge in [-0.25, -0.2) is 4.98 Å². The molecule has 6 nitrogen and oxygen atoms in total. The highest BCUT2D eigenvalue weighted by Crippen LogP contribution is 2.15. The van der Waals surface area contributed by atoms with Crippen molar-refractivity contribution in [3.63, 3.8) is 0 Å². The number of halogens is 1. The smallest absolute Gasteiger partial charge is 0.258 e. The molecule has 2 rings (SSSR count). The van der Waals surface area contributed by atoms with Gasteiger partial charge in [-0.15, -0.1) is 0 Å². The fourth-order valence-electron chi connectivity index (χ4n) is 1.52.